The zero-order valence-electron chi connectivity index (χ0n) is 10.9. The summed E-state index contributed by atoms with van der Waals surface area (Å²) in [5.74, 6) is -2.39. The topological polar surface area (TPSA) is 136 Å². The Morgan fingerprint density at radius 2 is 1.78 bits per heavy atom. The molecule has 7 nitrogen and oxygen atoms in total. The summed E-state index contributed by atoms with van der Waals surface area (Å²) in [6.07, 6.45) is -0.157. The van der Waals surface area contributed by atoms with Crippen molar-refractivity contribution in [1.29, 1.82) is 0 Å². The molecule has 2 atom stereocenters. The first kappa shape index (κ1) is 16.4. The minimum Gasteiger partial charge on any atom is -0.480 e. The molecule has 0 aromatic rings. The SMILES string of the molecule is CC(C)(C)[C@@H](N)C(=O)NC(CCC(N)=O)C(=O)O. The second-order valence-corrected chi connectivity index (χ2v) is 5.25. The van der Waals surface area contributed by atoms with E-state index in [2.05, 4.69) is 5.32 Å². The Labute approximate surface area is 106 Å². The Balaban J connectivity index is 4.55. The van der Waals surface area contributed by atoms with Gasteiger partial charge >= 0.3 is 5.97 Å². The smallest absolute Gasteiger partial charge is 0.326 e. The number of carbonyl (C=O) groups is 3. The van der Waals surface area contributed by atoms with E-state index < -0.39 is 35.3 Å². The zero-order chi connectivity index (χ0) is 14.5. The van der Waals surface area contributed by atoms with Gasteiger partial charge in [0.25, 0.3) is 0 Å². The third kappa shape index (κ3) is 5.62. The summed E-state index contributed by atoms with van der Waals surface area (Å²) in [5, 5.41) is 11.2. The first-order valence-electron chi connectivity index (χ1n) is 5.62. The number of carbonyl (C=O) groups excluding carboxylic acids is 2. The maximum atomic E-state index is 11.7. The molecule has 0 spiro atoms. The molecule has 0 aliphatic heterocycles. The molecule has 0 fully saturated rings. The van der Waals surface area contributed by atoms with Gasteiger partial charge in [-0.05, 0) is 11.8 Å². The number of primary amides is 1. The summed E-state index contributed by atoms with van der Waals surface area (Å²) < 4.78 is 0. The van der Waals surface area contributed by atoms with Gasteiger partial charge in [-0.1, -0.05) is 20.8 Å². The highest BCUT2D eigenvalue weighted by Gasteiger charge is 2.30. The van der Waals surface area contributed by atoms with Crippen molar-refractivity contribution >= 4 is 17.8 Å². The highest BCUT2D eigenvalue weighted by molar-refractivity contribution is 5.87. The third-order valence-corrected chi connectivity index (χ3v) is 2.51. The Bertz CT molecular complexity index is 336. The van der Waals surface area contributed by atoms with Gasteiger partial charge in [0.2, 0.25) is 11.8 Å². The molecular formula is C11H21N3O4. The summed E-state index contributed by atoms with van der Waals surface area (Å²) in [7, 11) is 0. The highest BCUT2D eigenvalue weighted by atomic mass is 16.4. The lowest BCUT2D eigenvalue weighted by Gasteiger charge is -2.27. The van der Waals surface area contributed by atoms with E-state index in [0.29, 0.717) is 0 Å². The molecule has 18 heavy (non-hydrogen) atoms. The van der Waals surface area contributed by atoms with Gasteiger partial charge in [-0.3, -0.25) is 9.59 Å². The molecule has 0 aliphatic rings. The lowest BCUT2D eigenvalue weighted by molar-refractivity contribution is -0.142. The van der Waals surface area contributed by atoms with Crippen LogP contribution in [0.3, 0.4) is 0 Å². The summed E-state index contributed by atoms with van der Waals surface area (Å²) in [5.41, 5.74) is 10.2. The number of hydrogen-bond acceptors (Lipinski definition) is 4. The van der Waals surface area contributed by atoms with Crippen LogP contribution in [-0.2, 0) is 14.4 Å². The average Bonchev–Trinajstić information content (AvgIpc) is 2.20. The van der Waals surface area contributed by atoms with E-state index in [4.69, 9.17) is 16.6 Å². The summed E-state index contributed by atoms with van der Waals surface area (Å²) in [6, 6.07) is -1.98. The molecule has 6 N–H and O–H groups in total. The predicted octanol–water partition coefficient (Wildman–Crippen LogP) is -0.805. The average molecular weight is 259 g/mol. The second kappa shape index (κ2) is 6.34. The number of carboxylic acid groups (broad SMARTS) is 1. The quantitative estimate of drug-likeness (QED) is 0.495. The minimum absolute atomic E-state index is 0.0483. The Morgan fingerprint density at radius 1 is 1.28 bits per heavy atom. The van der Waals surface area contributed by atoms with Crippen molar-refractivity contribution in [2.75, 3.05) is 0 Å². The van der Waals surface area contributed by atoms with E-state index in [-0.39, 0.29) is 12.8 Å². The molecule has 0 saturated heterocycles. The van der Waals surface area contributed by atoms with Crippen LogP contribution in [0.5, 0.6) is 0 Å². The van der Waals surface area contributed by atoms with Crippen LogP contribution in [0, 0.1) is 5.41 Å². The van der Waals surface area contributed by atoms with Crippen molar-refractivity contribution < 1.29 is 19.5 Å². The van der Waals surface area contributed by atoms with Crippen LogP contribution in [0.25, 0.3) is 0 Å². The summed E-state index contributed by atoms with van der Waals surface area (Å²) >= 11 is 0. The van der Waals surface area contributed by atoms with Crippen LogP contribution in [-0.4, -0.2) is 35.0 Å². The Morgan fingerprint density at radius 3 is 2.11 bits per heavy atom. The van der Waals surface area contributed by atoms with E-state index in [1.54, 1.807) is 20.8 Å². The fraction of sp³-hybridized carbons (Fsp3) is 0.727. The van der Waals surface area contributed by atoms with Gasteiger partial charge in [-0.2, -0.15) is 0 Å². The largest absolute Gasteiger partial charge is 0.480 e. The molecule has 0 saturated carbocycles. The molecule has 0 radical (unpaired) electrons. The maximum Gasteiger partial charge on any atom is 0.326 e. The number of carboxylic acids is 1. The van der Waals surface area contributed by atoms with Gasteiger partial charge in [-0.15, -0.1) is 0 Å². The van der Waals surface area contributed by atoms with Gasteiger partial charge in [0.1, 0.15) is 6.04 Å². The van der Waals surface area contributed by atoms with Gasteiger partial charge in [-0.25, -0.2) is 4.79 Å². The van der Waals surface area contributed by atoms with Gasteiger partial charge in [0, 0.05) is 6.42 Å². The fourth-order valence-corrected chi connectivity index (χ4v) is 1.20. The standard InChI is InChI=1S/C11H21N3O4/c1-11(2,3)8(13)9(16)14-6(10(17)18)4-5-7(12)15/h6,8H,4-5,13H2,1-3H3,(H2,12,15)(H,14,16)(H,17,18)/t6?,8-/m0/s1. The van der Waals surface area contributed by atoms with Gasteiger partial charge < -0.3 is 21.9 Å². The monoisotopic (exact) mass is 259 g/mol. The van der Waals surface area contributed by atoms with Crippen molar-refractivity contribution in [1.82, 2.24) is 5.32 Å². The van der Waals surface area contributed by atoms with Crippen LogP contribution >= 0.6 is 0 Å². The minimum atomic E-state index is -1.22. The Kier molecular flexibility index (Phi) is 5.77. The molecule has 0 aliphatic carbocycles. The van der Waals surface area contributed by atoms with Crippen LogP contribution in [0.2, 0.25) is 0 Å². The number of nitrogens with one attached hydrogen (secondary N) is 1. The van der Waals surface area contributed by atoms with Crippen molar-refractivity contribution in [2.24, 2.45) is 16.9 Å². The molecule has 0 heterocycles. The fourth-order valence-electron chi connectivity index (χ4n) is 1.20. The van der Waals surface area contributed by atoms with Crippen molar-refractivity contribution in [3.63, 3.8) is 0 Å². The lowest BCUT2D eigenvalue weighted by Crippen LogP contribution is -2.53. The number of hydrogen-bond donors (Lipinski definition) is 4. The number of rotatable bonds is 6. The molecule has 104 valence electrons. The van der Waals surface area contributed by atoms with E-state index in [1.807, 2.05) is 0 Å². The third-order valence-electron chi connectivity index (χ3n) is 2.51. The number of nitrogens with two attached hydrogens (primary N) is 2. The van der Waals surface area contributed by atoms with E-state index >= 15 is 0 Å². The highest BCUT2D eigenvalue weighted by Crippen LogP contribution is 2.17. The zero-order valence-corrected chi connectivity index (χ0v) is 10.9. The maximum absolute atomic E-state index is 11.7. The van der Waals surface area contributed by atoms with Crippen molar-refractivity contribution in [3.8, 4) is 0 Å². The predicted molar refractivity (Wildman–Crippen MR) is 65.4 cm³/mol. The molecule has 0 rings (SSSR count). The summed E-state index contributed by atoms with van der Waals surface area (Å²) in [4.78, 5) is 33.2. The van der Waals surface area contributed by atoms with Gasteiger partial charge in [0.15, 0.2) is 0 Å². The van der Waals surface area contributed by atoms with Crippen molar-refractivity contribution in [3.05, 3.63) is 0 Å². The van der Waals surface area contributed by atoms with Crippen LogP contribution < -0.4 is 16.8 Å². The van der Waals surface area contributed by atoms with E-state index in [9.17, 15) is 14.4 Å². The molecule has 7 heteroatoms. The second-order valence-electron chi connectivity index (χ2n) is 5.25. The molecular weight excluding hydrogens is 238 g/mol. The number of amides is 2. The van der Waals surface area contributed by atoms with E-state index in [1.165, 1.54) is 0 Å². The Hall–Kier alpha value is -1.63. The normalized spacial score (nSPS) is 14.7. The molecule has 0 aromatic heterocycles. The van der Waals surface area contributed by atoms with Crippen molar-refractivity contribution in [2.45, 2.75) is 45.7 Å². The van der Waals surface area contributed by atoms with Gasteiger partial charge in [0.05, 0.1) is 6.04 Å². The first-order valence-corrected chi connectivity index (χ1v) is 5.62. The molecule has 1 unspecified atom stereocenters. The van der Waals surface area contributed by atoms with Crippen LogP contribution in [0.4, 0.5) is 0 Å². The van der Waals surface area contributed by atoms with Crippen LogP contribution in [0.1, 0.15) is 33.6 Å². The number of aliphatic carboxylic acids is 1. The summed E-state index contributed by atoms with van der Waals surface area (Å²) in [6.45, 7) is 5.32. The van der Waals surface area contributed by atoms with Crippen LogP contribution in [0.15, 0.2) is 0 Å². The first-order chi connectivity index (χ1) is 8.05. The van der Waals surface area contributed by atoms with E-state index in [0.717, 1.165) is 0 Å². The molecule has 2 amide bonds. The molecule has 0 aromatic carbocycles. The lowest BCUT2D eigenvalue weighted by atomic mass is 9.86. The molecule has 0 bridgehead atoms.